The Labute approximate surface area is 159 Å². The normalized spacial score (nSPS) is 12.9. The smallest absolute Gasteiger partial charge is 0.336 e. The van der Waals surface area contributed by atoms with Gasteiger partial charge in [0.2, 0.25) is 0 Å². The maximum absolute atomic E-state index is 12.0. The second kappa shape index (κ2) is 7.48. The molecule has 0 saturated carbocycles. The maximum atomic E-state index is 12.0. The van der Waals surface area contributed by atoms with Crippen molar-refractivity contribution in [3.63, 3.8) is 0 Å². The number of esters is 1. The number of hydrogen-bond acceptors (Lipinski definition) is 6. The molecule has 0 radical (unpaired) electrons. The number of ether oxygens (including phenoxy) is 1. The van der Waals surface area contributed by atoms with E-state index in [0.29, 0.717) is 16.0 Å². The Morgan fingerprint density at radius 1 is 1.11 bits per heavy atom. The molecule has 5 nitrogen and oxygen atoms in total. The Hall–Kier alpha value is -2.73. The van der Waals surface area contributed by atoms with Crippen LogP contribution in [0.3, 0.4) is 0 Å². The first kappa shape index (κ1) is 17.7. The van der Waals surface area contributed by atoms with E-state index in [-0.39, 0.29) is 25.2 Å². The molecule has 0 bridgehead atoms. The van der Waals surface area contributed by atoms with Gasteiger partial charge in [0.25, 0.3) is 0 Å². The molecular formula is C21H18O5S. The molecule has 1 aromatic carbocycles. The van der Waals surface area contributed by atoms with E-state index >= 15 is 0 Å². The highest BCUT2D eigenvalue weighted by Gasteiger charge is 2.16. The van der Waals surface area contributed by atoms with Gasteiger partial charge in [0, 0.05) is 23.4 Å². The van der Waals surface area contributed by atoms with Gasteiger partial charge in [-0.05, 0) is 54.0 Å². The minimum Gasteiger partial charge on any atom is -0.461 e. The highest BCUT2D eigenvalue weighted by atomic mass is 32.1. The van der Waals surface area contributed by atoms with Crippen LogP contribution in [0.1, 0.15) is 45.6 Å². The minimum atomic E-state index is -0.459. The topological polar surface area (TPSA) is 73.6 Å². The second-order valence-electron chi connectivity index (χ2n) is 6.62. The third kappa shape index (κ3) is 3.85. The molecule has 1 aliphatic carbocycles. The average Bonchev–Trinajstić information content (AvgIpc) is 3.33. The van der Waals surface area contributed by atoms with Gasteiger partial charge >= 0.3 is 11.6 Å². The van der Waals surface area contributed by atoms with Crippen LogP contribution in [-0.4, -0.2) is 11.8 Å². The lowest BCUT2D eigenvalue weighted by atomic mass is 10.0. The van der Waals surface area contributed by atoms with Crippen LogP contribution in [0.15, 0.2) is 44.9 Å². The monoisotopic (exact) mass is 382 g/mol. The van der Waals surface area contributed by atoms with Gasteiger partial charge < -0.3 is 9.15 Å². The summed E-state index contributed by atoms with van der Waals surface area (Å²) in [5, 5.41) is 2.63. The number of ketones is 1. The van der Waals surface area contributed by atoms with E-state index in [2.05, 4.69) is 0 Å². The van der Waals surface area contributed by atoms with Gasteiger partial charge in [-0.25, -0.2) is 4.79 Å². The standard InChI is InChI=1S/C21H18O5S/c22-17(19-5-2-8-27-19)6-7-20(23)25-12-15-11-21(24)26-18-10-14-4-1-3-13(14)9-16(15)18/h2,5,8-11H,1,3-4,6-7,12H2. The molecule has 6 heteroatoms. The number of fused-ring (bicyclic) bond motifs is 2. The number of Topliss-reactive ketones (excluding diaryl/α,β-unsaturated/α-hetero) is 1. The fourth-order valence-electron chi connectivity index (χ4n) is 3.42. The minimum absolute atomic E-state index is 0.00703. The molecule has 138 valence electrons. The molecule has 0 fully saturated rings. The van der Waals surface area contributed by atoms with Crippen LogP contribution < -0.4 is 5.63 Å². The van der Waals surface area contributed by atoms with Crippen molar-refractivity contribution in [1.29, 1.82) is 0 Å². The lowest BCUT2D eigenvalue weighted by Gasteiger charge is -2.09. The number of thiophene rings is 1. The third-order valence-corrected chi connectivity index (χ3v) is 5.69. The summed E-state index contributed by atoms with van der Waals surface area (Å²) in [7, 11) is 0. The quantitative estimate of drug-likeness (QED) is 0.365. The Balaban J connectivity index is 1.44. The molecule has 0 atom stereocenters. The summed E-state index contributed by atoms with van der Waals surface area (Å²) in [6.07, 6.45) is 3.23. The first-order valence-electron chi connectivity index (χ1n) is 8.91. The molecular weight excluding hydrogens is 364 g/mol. The van der Waals surface area contributed by atoms with Crippen molar-refractivity contribution in [3.8, 4) is 0 Å². The van der Waals surface area contributed by atoms with Gasteiger partial charge in [-0.1, -0.05) is 6.07 Å². The highest BCUT2D eigenvalue weighted by molar-refractivity contribution is 7.12. The van der Waals surface area contributed by atoms with E-state index in [1.807, 2.05) is 17.5 Å². The molecule has 2 heterocycles. The molecule has 0 amide bonds. The van der Waals surface area contributed by atoms with Crippen molar-refractivity contribution in [2.75, 3.05) is 0 Å². The van der Waals surface area contributed by atoms with Crippen molar-refractivity contribution in [2.24, 2.45) is 0 Å². The Bertz CT molecular complexity index is 1060. The molecule has 2 aromatic heterocycles. The van der Waals surface area contributed by atoms with Crippen LogP contribution >= 0.6 is 11.3 Å². The fourth-order valence-corrected chi connectivity index (χ4v) is 4.11. The lowest BCUT2D eigenvalue weighted by molar-refractivity contribution is -0.144. The van der Waals surface area contributed by atoms with Crippen LogP contribution in [-0.2, 0) is 29.0 Å². The van der Waals surface area contributed by atoms with Crippen LogP contribution in [0.2, 0.25) is 0 Å². The lowest BCUT2D eigenvalue weighted by Crippen LogP contribution is -2.09. The van der Waals surface area contributed by atoms with Crippen molar-refractivity contribution in [1.82, 2.24) is 0 Å². The van der Waals surface area contributed by atoms with Crippen LogP contribution in [0.4, 0.5) is 0 Å². The van der Waals surface area contributed by atoms with E-state index in [9.17, 15) is 14.4 Å². The van der Waals surface area contributed by atoms with Crippen molar-refractivity contribution < 1.29 is 18.7 Å². The summed E-state index contributed by atoms with van der Waals surface area (Å²) in [5.41, 5.74) is 3.17. The number of aryl methyl sites for hydroxylation is 2. The summed E-state index contributed by atoms with van der Waals surface area (Å²) < 4.78 is 10.6. The first-order valence-corrected chi connectivity index (χ1v) is 9.79. The summed E-state index contributed by atoms with van der Waals surface area (Å²) in [6, 6.07) is 8.87. The molecule has 0 saturated heterocycles. The molecule has 3 aromatic rings. The van der Waals surface area contributed by atoms with Crippen molar-refractivity contribution in [2.45, 2.75) is 38.7 Å². The summed E-state index contributed by atoms with van der Waals surface area (Å²) in [4.78, 5) is 36.5. The fraction of sp³-hybridized carbons (Fsp3) is 0.286. The van der Waals surface area contributed by atoms with Crippen LogP contribution in [0.5, 0.6) is 0 Å². The molecule has 1 aliphatic rings. The van der Waals surface area contributed by atoms with Gasteiger partial charge in [0.15, 0.2) is 5.78 Å². The van der Waals surface area contributed by atoms with E-state index < -0.39 is 11.6 Å². The second-order valence-corrected chi connectivity index (χ2v) is 7.57. The zero-order valence-corrected chi connectivity index (χ0v) is 15.5. The SMILES string of the molecule is O=C(CCC(=O)c1cccs1)OCc1cc(=O)oc2cc3c(cc12)CCC3. The van der Waals surface area contributed by atoms with Gasteiger partial charge in [0.05, 0.1) is 11.3 Å². The van der Waals surface area contributed by atoms with Gasteiger partial charge in [0.1, 0.15) is 12.2 Å². The molecule has 27 heavy (non-hydrogen) atoms. The van der Waals surface area contributed by atoms with E-state index in [1.54, 1.807) is 12.1 Å². The van der Waals surface area contributed by atoms with Gasteiger partial charge in [-0.15, -0.1) is 11.3 Å². The summed E-state index contributed by atoms with van der Waals surface area (Å²) in [5.74, 6) is -0.522. The van der Waals surface area contributed by atoms with Gasteiger partial charge in [-0.2, -0.15) is 0 Å². The van der Waals surface area contributed by atoms with Crippen molar-refractivity contribution >= 4 is 34.1 Å². The number of benzene rings is 1. The number of carbonyl (C=O) groups is 2. The Kier molecular flexibility index (Phi) is 4.90. The van der Waals surface area contributed by atoms with Crippen molar-refractivity contribution in [3.05, 3.63) is 67.7 Å². The van der Waals surface area contributed by atoms with E-state index in [0.717, 1.165) is 24.6 Å². The molecule has 4 rings (SSSR count). The summed E-state index contributed by atoms with van der Waals surface area (Å²) >= 11 is 1.36. The van der Waals surface area contributed by atoms with Gasteiger partial charge in [-0.3, -0.25) is 9.59 Å². The number of hydrogen-bond donors (Lipinski definition) is 0. The predicted octanol–water partition coefficient (Wildman–Crippen LogP) is 4.05. The number of rotatable bonds is 6. The Morgan fingerprint density at radius 3 is 2.70 bits per heavy atom. The molecule has 0 aliphatic heterocycles. The molecule has 0 spiro atoms. The predicted molar refractivity (Wildman–Crippen MR) is 102 cm³/mol. The maximum Gasteiger partial charge on any atom is 0.336 e. The molecule has 0 N–H and O–H groups in total. The van der Waals surface area contributed by atoms with E-state index in [1.165, 1.54) is 28.5 Å². The highest BCUT2D eigenvalue weighted by Crippen LogP contribution is 2.28. The number of carbonyl (C=O) groups excluding carboxylic acids is 2. The molecule has 0 unspecified atom stereocenters. The van der Waals surface area contributed by atoms with Crippen LogP contribution in [0, 0.1) is 0 Å². The summed E-state index contributed by atoms with van der Waals surface area (Å²) in [6.45, 7) is -0.00703. The van der Waals surface area contributed by atoms with Crippen LogP contribution in [0.25, 0.3) is 11.0 Å². The first-order chi connectivity index (χ1) is 13.1. The zero-order valence-electron chi connectivity index (χ0n) is 14.7. The largest absolute Gasteiger partial charge is 0.461 e. The van der Waals surface area contributed by atoms with E-state index in [4.69, 9.17) is 9.15 Å². The zero-order chi connectivity index (χ0) is 18.8. The Morgan fingerprint density at radius 2 is 1.93 bits per heavy atom. The average molecular weight is 382 g/mol. The third-order valence-electron chi connectivity index (χ3n) is 4.78.